The van der Waals surface area contributed by atoms with Crippen molar-refractivity contribution in [2.75, 3.05) is 12.0 Å². The zero-order valence-corrected chi connectivity index (χ0v) is 27.7. The van der Waals surface area contributed by atoms with Crippen molar-refractivity contribution < 1.29 is 34.2 Å². The summed E-state index contributed by atoms with van der Waals surface area (Å²) in [6.07, 6.45) is 2.26. The van der Waals surface area contributed by atoms with E-state index in [1.54, 1.807) is 30.3 Å². The number of imide groups is 2. The first-order valence-corrected chi connectivity index (χ1v) is 16.9. The summed E-state index contributed by atoms with van der Waals surface area (Å²) in [7, 11) is 0. The van der Waals surface area contributed by atoms with E-state index in [2.05, 4.69) is 21.4 Å². The smallest absolute Gasteiger partial charge is 0.303 e. The summed E-state index contributed by atoms with van der Waals surface area (Å²) in [4.78, 5) is 69.8. The number of likely N-dealkylation sites (tertiary alicyclic amines) is 1. The van der Waals surface area contributed by atoms with Crippen LogP contribution in [0.2, 0.25) is 0 Å². The topological polar surface area (TPSA) is 144 Å². The fourth-order valence-electron chi connectivity index (χ4n) is 8.52. The zero-order chi connectivity index (χ0) is 33.9. The van der Waals surface area contributed by atoms with Gasteiger partial charge in [-0.25, -0.2) is 0 Å². The lowest BCUT2D eigenvalue weighted by Gasteiger charge is -2.50. The SMILES string of the molecule is Cc1ccc(NN2C(=O)[C@@H]3C[C@@H]4C(=CC[C@@H]5C(=O)N(CCCC(=O)O)C(=O)[C@@H]54)[C@H](c4cc(Br)ccc4O)[C@]3(c3ccccc3)C2=O)cc1. The Labute approximate surface area is 285 Å². The highest BCUT2D eigenvalue weighted by Crippen LogP contribution is 2.65. The van der Waals surface area contributed by atoms with Gasteiger partial charge in [0.25, 0.3) is 11.8 Å². The maximum absolute atomic E-state index is 15.1. The number of phenols is 1. The molecule has 4 aliphatic rings. The minimum Gasteiger partial charge on any atom is -0.508 e. The van der Waals surface area contributed by atoms with Crippen LogP contribution in [0.3, 0.4) is 0 Å². The molecular formula is C37H34BrN3O7. The van der Waals surface area contributed by atoms with Gasteiger partial charge in [-0.2, -0.15) is 5.01 Å². The first-order valence-electron chi connectivity index (χ1n) is 16.1. The minimum atomic E-state index is -1.49. The third-order valence-electron chi connectivity index (χ3n) is 10.6. The predicted molar refractivity (Wildman–Crippen MR) is 178 cm³/mol. The molecule has 2 saturated heterocycles. The molecule has 0 spiro atoms. The van der Waals surface area contributed by atoms with Crippen molar-refractivity contribution in [3.8, 4) is 5.75 Å². The number of hydrogen-bond donors (Lipinski definition) is 3. The van der Waals surface area contributed by atoms with Crippen molar-refractivity contribution >= 4 is 51.2 Å². The lowest BCUT2D eigenvalue weighted by Crippen LogP contribution is -2.53. The van der Waals surface area contributed by atoms with Crippen molar-refractivity contribution in [3.63, 3.8) is 0 Å². The largest absolute Gasteiger partial charge is 0.508 e. The second-order valence-electron chi connectivity index (χ2n) is 13.1. The number of nitrogens with one attached hydrogen (secondary N) is 1. The Hall–Kier alpha value is -4.77. The number of amides is 4. The van der Waals surface area contributed by atoms with Gasteiger partial charge in [-0.3, -0.25) is 34.3 Å². The molecule has 3 aromatic rings. The number of carboxylic acid groups (broad SMARTS) is 1. The van der Waals surface area contributed by atoms with E-state index in [0.29, 0.717) is 21.3 Å². The van der Waals surface area contributed by atoms with Crippen molar-refractivity contribution in [2.24, 2.45) is 23.7 Å². The van der Waals surface area contributed by atoms with Crippen LogP contribution in [0.15, 0.2) is 88.9 Å². The first kappa shape index (κ1) is 31.8. The highest BCUT2D eigenvalue weighted by atomic mass is 79.9. The summed E-state index contributed by atoms with van der Waals surface area (Å²) < 4.78 is 0.662. The maximum Gasteiger partial charge on any atom is 0.303 e. The molecule has 2 aliphatic heterocycles. The minimum absolute atomic E-state index is 0.00207. The summed E-state index contributed by atoms with van der Waals surface area (Å²) in [6.45, 7) is 1.94. The van der Waals surface area contributed by atoms with Crippen LogP contribution in [0.4, 0.5) is 5.69 Å². The Morgan fingerprint density at radius 3 is 2.40 bits per heavy atom. The van der Waals surface area contributed by atoms with Gasteiger partial charge in [0.05, 0.1) is 28.9 Å². The molecule has 0 unspecified atom stereocenters. The summed E-state index contributed by atoms with van der Waals surface area (Å²) in [6, 6.07) is 21.5. The van der Waals surface area contributed by atoms with Gasteiger partial charge in [-0.1, -0.05) is 75.6 Å². The Bertz CT molecular complexity index is 1880. The Morgan fingerprint density at radius 2 is 1.69 bits per heavy atom. The number of rotatable bonds is 8. The van der Waals surface area contributed by atoms with Crippen molar-refractivity contribution in [2.45, 2.75) is 43.9 Å². The number of carbonyl (C=O) groups is 5. The van der Waals surface area contributed by atoms with E-state index < -0.39 is 52.8 Å². The molecule has 6 atom stereocenters. The van der Waals surface area contributed by atoms with E-state index >= 15 is 4.79 Å². The summed E-state index contributed by atoms with van der Waals surface area (Å²) in [5, 5.41) is 21.7. The van der Waals surface area contributed by atoms with Gasteiger partial charge in [0.1, 0.15) is 5.75 Å². The van der Waals surface area contributed by atoms with Gasteiger partial charge in [0, 0.05) is 28.9 Å². The molecule has 3 aromatic carbocycles. The number of anilines is 1. The monoisotopic (exact) mass is 711 g/mol. The average molecular weight is 713 g/mol. The molecule has 7 rings (SSSR count). The fraction of sp³-hybridized carbons (Fsp3) is 0.324. The molecule has 3 fully saturated rings. The standard InChI is InChI=1S/C37H34BrN3O7/c1-20-9-12-23(13-10-20)39-41-34(46)28-19-26-24(14-15-25-31(26)35(47)40(33(25)45)17-5-8-30(43)44)32(27-18-22(38)11-16-29(27)42)37(28,36(41)48)21-6-3-2-4-7-21/h2-4,6-7,9-14,16,18,25-26,28,31-32,39,42H,5,8,15,17,19H2,1H3,(H,43,44)/t25-,26+,28-,31-,32+,37+/m0/s1. The molecule has 3 N–H and O–H groups in total. The van der Waals surface area contributed by atoms with E-state index in [1.807, 2.05) is 55.5 Å². The number of hydrogen-bond acceptors (Lipinski definition) is 7. The van der Waals surface area contributed by atoms with Crippen LogP contribution in [0.25, 0.3) is 0 Å². The van der Waals surface area contributed by atoms with E-state index in [0.717, 1.165) is 16.1 Å². The number of aromatic hydroxyl groups is 1. The van der Waals surface area contributed by atoms with Crippen LogP contribution in [0.1, 0.15) is 48.3 Å². The molecule has 0 radical (unpaired) electrons. The highest BCUT2D eigenvalue weighted by Gasteiger charge is 2.70. The van der Waals surface area contributed by atoms with Gasteiger partial charge in [0.15, 0.2) is 0 Å². The third kappa shape index (κ3) is 4.86. The number of hydrazine groups is 1. The van der Waals surface area contributed by atoms with E-state index in [-0.39, 0.29) is 49.8 Å². The molecule has 0 aromatic heterocycles. The lowest BCUT2D eigenvalue weighted by atomic mass is 9.49. The van der Waals surface area contributed by atoms with Gasteiger partial charge < -0.3 is 10.2 Å². The molecular weight excluding hydrogens is 678 g/mol. The predicted octanol–water partition coefficient (Wildman–Crippen LogP) is 5.31. The Morgan fingerprint density at radius 1 is 0.958 bits per heavy atom. The lowest BCUT2D eigenvalue weighted by molar-refractivity contribution is -0.142. The van der Waals surface area contributed by atoms with Gasteiger partial charge in [-0.05, 0) is 68.0 Å². The second-order valence-corrected chi connectivity index (χ2v) is 14.0. The summed E-state index contributed by atoms with van der Waals surface area (Å²) in [5.74, 6) is -6.55. The van der Waals surface area contributed by atoms with Crippen LogP contribution in [-0.2, 0) is 29.4 Å². The number of carbonyl (C=O) groups excluding carboxylic acids is 4. The van der Waals surface area contributed by atoms with Crippen LogP contribution < -0.4 is 5.43 Å². The summed E-state index contributed by atoms with van der Waals surface area (Å²) in [5.41, 5.74) is 4.91. The number of fused-ring (bicyclic) bond motifs is 4. The molecule has 10 nitrogen and oxygen atoms in total. The number of allylic oxidation sites excluding steroid dienone is 2. The first-order chi connectivity index (χ1) is 23.0. The summed E-state index contributed by atoms with van der Waals surface area (Å²) >= 11 is 3.54. The van der Waals surface area contributed by atoms with Crippen LogP contribution in [0.5, 0.6) is 5.75 Å². The fourth-order valence-corrected chi connectivity index (χ4v) is 8.90. The number of benzene rings is 3. The van der Waals surface area contributed by atoms with Gasteiger partial charge >= 0.3 is 5.97 Å². The van der Waals surface area contributed by atoms with Crippen LogP contribution in [-0.4, -0.2) is 56.3 Å². The molecule has 0 bridgehead atoms. The number of aryl methyl sites for hydroxylation is 1. The van der Waals surface area contributed by atoms with Crippen LogP contribution in [0, 0.1) is 30.6 Å². The van der Waals surface area contributed by atoms with Gasteiger partial charge in [0.2, 0.25) is 11.8 Å². The molecule has 48 heavy (non-hydrogen) atoms. The van der Waals surface area contributed by atoms with E-state index in [9.17, 15) is 24.3 Å². The Balaban J connectivity index is 1.40. The molecule has 1 saturated carbocycles. The van der Waals surface area contributed by atoms with Crippen LogP contribution >= 0.6 is 15.9 Å². The third-order valence-corrected chi connectivity index (χ3v) is 11.1. The Kier molecular flexibility index (Phi) is 7.98. The quantitative estimate of drug-likeness (QED) is 0.211. The normalized spacial score (nSPS) is 27.8. The molecule has 2 aliphatic carbocycles. The molecule has 4 amide bonds. The van der Waals surface area contributed by atoms with Crippen molar-refractivity contribution in [1.29, 1.82) is 0 Å². The number of carboxylic acids is 1. The van der Waals surface area contributed by atoms with Crippen molar-refractivity contribution in [1.82, 2.24) is 9.91 Å². The number of nitrogens with zero attached hydrogens (tertiary/aromatic N) is 2. The molecule has 2 heterocycles. The zero-order valence-electron chi connectivity index (χ0n) is 26.1. The second kappa shape index (κ2) is 12.0. The van der Waals surface area contributed by atoms with E-state index in [4.69, 9.17) is 5.11 Å². The molecule has 11 heteroatoms. The number of aliphatic carboxylic acids is 1. The van der Waals surface area contributed by atoms with Crippen molar-refractivity contribution in [3.05, 3.63) is 106 Å². The van der Waals surface area contributed by atoms with E-state index in [1.165, 1.54) is 4.90 Å². The molecule has 246 valence electrons. The highest BCUT2D eigenvalue weighted by molar-refractivity contribution is 9.10. The maximum atomic E-state index is 15.1. The number of halogens is 1. The van der Waals surface area contributed by atoms with Gasteiger partial charge in [-0.15, -0.1) is 0 Å². The average Bonchev–Trinajstić information content (AvgIpc) is 3.44. The number of phenolic OH excluding ortho intramolecular Hbond substituents is 1.